The first-order valence-electron chi connectivity index (χ1n) is 5.60. The molecule has 1 aliphatic rings. The number of nitrogens with zero attached hydrogens (tertiary/aromatic N) is 4. The Kier molecular flexibility index (Phi) is 4.07. The molecule has 1 aromatic rings. The minimum atomic E-state index is -2.29. The predicted molar refractivity (Wildman–Crippen MR) is 76.4 cm³/mol. The van der Waals surface area contributed by atoms with Crippen LogP contribution >= 0.6 is 11.6 Å². The fraction of sp³-hybridized carbons (Fsp3) is 0.455. The Morgan fingerprint density at radius 1 is 1.53 bits per heavy atom. The summed E-state index contributed by atoms with van der Waals surface area (Å²) in [6.07, 6.45) is 3.08. The van der Waals surface area contributed by atoms with Crippen molar-refractivity contribution in [3.8, 4) is 0 Å². The predicted octanol–water partition coefficient (Wildman–Crippen LogP) is 1.84. The lowest BCUT2D eigenvalue weighted by Gasteiger charge is -2.29. The summed E-state index contributed by atoms with van der Waals surface area (Å²) in [7, 11) is -2.29. The second-order valence-electron chi connectivity index (χ2n) is 4.40. The number of hydrogen-bond acceptors (Lipinski definition) is 6. The van der Waals surface area contributed by atoms with Crippen molar-refractivity contribution in [2.45, 2.75) is 0 Å². The van der Waals surface area contributed by atoms with Crippen LogP contribution < -0.4 is 4.90 Å². The highest BCUT2D eigenvalue weighted by atomic mass is 35.5. The van der Waals surface area contributed by atoms with Crippen LogP contribution in [0.15, 0.2) is 22.7 Å². The van der Waals surface area contributed by atoms with E-state index in [1.165, 1.54) is 12.5 Å². The smallest absolute Gasteiger partial charge is 0.226 e. The van der Waals surface area contributed by atoms with Gasteiger partial charge in [-0.1, -0.05) is 6.58 Å². The molecule has 0 aliphatic carbocycles. The SMILES string of the molecule is C=C1COCCN1c1cc(N=S(C)(C)=O)nc(Cl)n1. The maximum atomic E-state index is 11.7. The molecule has 0 bridgehead atoms. The van der Waals surface area contributed by atoms with E-state index in [1.807, 2.05) is 4.90 Å². The quantitative estimate of drug-likeness (QED) is 0.780. The minimum Gasteiger partial charge on any atom is -0.373 e. The first kappa shape index (κ1) is 14.2. The Bertz CT molecular complexity index is 617. The van der Waals surface area contributed by atoms with E-state index in [0.29, 0.717) is 31.4 Å². The largest absolute Gasteiger partial charge is 0.373 e. The molecule has 0 spiro atoms. The molecule has 1 saturated heterocycles. The standard InChI is InChI=1S/C11H15ClN4O2S/c1-8-7-18-5-4-16(8)10-6-9(13-11(12)14-10)15-19(2,3)17/h6H,1,4-5,7H2,2-3H3. The summed E-state index contributed by atoms with van der Waals surface area (Å²) < 4.78 is 21.0. The molecule has 104 valence electrons. The lowest BCUT2D eigenvalue weighted by atomic mass is 10.3. The van der Waals surface area contributed by atoms with Gasteiger partial charge in [0, 0.05) is 40.5 Å². The average Bonchev–Trinajstić information content (AvgIpc) is 2.26. The molecule has 0 atom stereocenters. The number of anilines is 1. The molecule has 0 aromatic carbocycles. The molecule has 0 saturated carbocycles. The Labute approximate surface area is 117 Å². The van der Waals surface area contributed by atoms with Gasteiger partial charge in [0.1, 0.15) is 5.82 Å². The highest BCUT2D eigenvalue weighted by Crippen LogP contribution is 2.24. The fourth-order valence-electron chi connectivity index (χ4n) is 1.66. The van der Waals surface area contributed by atoms with Gasteiger partial charge in [0.05, 0.1) is 13.2 Å². The van der Waals surface area contributed by atoms with Crippen molar-refractivity contribution >= 4 is 33.0 Å². The van der Waals surface area contributed by atoms with Crippen molar-refractivity contribution in [1.29, 1.82) is 0 Å². The lowest BCUT2D eigenvalue weighted by molar-refractivity contribution is 0.143. The van der Waals surface area contributed by atoms with Gasteiger partial charge >= 0.3 is 0 Å². The van der Waals surface area contributed by atoms with Crippen LogP contribution in [0.5, 0.6) is 0 Å². The van der Waals surface area contributed by atoms with E-state index in [2.05, 4.69) is 20.9 Å². The minimum absolute atomic E-state index is 0.0687. The van der Waals surface area contributed by atoms with Crippen molar-refractivity contribution in [2.24, 2.45) is 4.36 Å². The van der Waals surface area contributed by atoms with Gasteiger partial charge in [0.15, 0.2) is 5.82 Å². The van der Waals surface area contributed by atoms with Gasteiger partial charge in [0.2, 0.25) is 5.28 Å². The van der Waals surface area contributed by atoms with Gasteiger partial charge in [-0.3, -0.25) is 0 Å². The van der Waals surface area contributed by atoms with Crippen molar-refractivity contribution in [3.63, 3.8) is 0 Å². The van der Waals surface area contributed by atoms with Crippen LogP contribution in [-0.4, -0.2) is 46.4 Å². The molecule has 0 amide bonds. The molecular weight excluding hydrogens is 288 g/mol. The second-order valence-corrected chi connectivity index (χ2v) is 7.28. The normalized spacial score (nSPS) is 16.6. The summed E-state index contributed by atoms with van der Waals surface area (Å²) in [5, 5.41) is 0.0687. The number of morpholine rings is 1. The summed E-state index contributed by atoms with van der Waals surface area (Å²) >= 11 is 5.88. The Hall–Kier alpha value is -1.18. The van der Waals surface area contributed by atoms with E-state index in [0.717, 1.165) is 5.70 Å². The van der Waals surface area contributed by atoms with Crippen molar-refractivity contribution in [2.75, 3.05) is 37.2 Å². The summed E-state index contributed by atoms with van der Waals surface area (Å²) in [6, 6.07) is 1.65. The van der Waals surface area contributed by atoms with Crippen molar-refractivity contribution in [1.82, 2.24) is 9.97 Å². The van der Waals surface area contributed by atoms with E-state index >= 15 is 0 Å². The summed E-state index contributed by atoms with van der Waals surface area (Å²) in [6.45, 7) is 5.59. The highest BCUT2D eigenvalue weighted by Gasteiger charge is 2.18. The molecule has 8 heteroatoms. The molecule has 6 nitrogen and oxygen atoms in total. The number of rotatable bonds is 2. The molecule has 0 N–H and O–H groups in total. The van der Waals surface area contributed by atoms with E-state index in [-0.39, 0.29) is 5.28 Å². The summed E-state index contributed by atoms with van der Waals surface area (Å²) in [5.41, 5.74) is 0.792. The number of aromatic nitrogens is 2. The summed E-state index contributed by atoms with van der Waals surface area (Å²) in [4.78, 5) is 10.0. The molecule has 0 radical (unpaired) electrons. The topological polar surface area (TPSA) is 67.7 Å². The van der Waals surface area contributed by atoms with Gasteiger partial charge in [-0.05, 0) is 11.6 Å². The van der Waals surface area contributed by atoms with Crippen LogP contribution in [0.25, 0.3) is 0 Å². The number of ether oxygens (including phenoxy) is 1. The third-order valence-electron chi connectivity index (χ3n) is 2.37. The Morgan fingerprint density at radius 2 is 2.26 bits per heavy atom. The maximum absolute atomic E-state index is 11.7. The van der Waals surface area contributed by atoms with Crippen LogP contribution in [0, 0.1) is 0 Å². The molecule has 19 heavy (non-hydrogen) atoms. The van der Waals surface area contributed by atoms with Crippen molar-refractivity contribution in [3.05, 3.63) is 23.6 Å². The van der Waals surface area contributed by atoms with E-state index in [9.17, 15) is 4.21 Å². The zero-order chi connectivity index (χ0) is 14.0. The van der Waals surface area contributed by atoms with E-state index < -0.39 is 9.73 Å². The monoisotopic (exact) mass is 302 g/mol. The second kappa shape index (κ2) is 5.44. The molecule has 0 unspecified atom stereocenters. The van der Waals surface area contributed by atoms with Crippen LogP contribution in [0.2, 0.25) is 5.28 Å². The zero-order valence-electron chi connectivity index (χ0n) is 10.8. The average molecular weight is 303 g/mol. The molecule has 1 aliphatic heterocycles. The van der Waals surface area contributed by atoms with Crippen LogP contribution in [0.1, 0.15) is 0 Å². The molecule has 2 rings (SSSR count). The number of halogens is 1. The third kappa shape index (κ3) is 3.89. The third-order valence-corrected chi connectivity index (χ3v) is 3.17. The first-order valence-corrected chi connectivity index (χ1v) is 8.31. The maximum Gasteiger partial charge on any atom is 0.226 e. The fourth-order valence-corrected chi connectivity index (χ4v) is 2.38. The van der Waals surface area contributed by atoms with Gasteiger partial charge in [-0.15, -0.1) is 0 Å². The van der Waals surface area contributed by atoms with Crippen LogP contribution in [0.4, 0.5) is 11.6 Å². The Balaban J connectivity index is 2.42. The molecule has 1 aromatic heterocycles. The molecule has 2 heterocycles. The van der Waals surface area contributed by atoms with E-state index in [1.54, 1.807) is 6.07 Å². The van der Waals surface area contributed by atoms with Gasteiger partial charge in [0.25, 0.3) is 0 Å². The van der Waals surface area contributed by atoms with Gasteiger partial charge in [-0.25, -0.2) is 9.19 Å². The van der Waals surface area contributed by atoms with Crippen LogP contribution in [0.3, 0.4) is 0 Å². The van der Waals surface area contributed by atoms with Crippen LogP contribution in [-0.2, 0) is 14.5 Å². The molecule has 1 fully saturated rings. The molecular formula is C11H15ClN4O2S. The summed E-state index contributed by atoms with van der Waals surface area (Å²) in [5.74, 6) is 0.903. The highest BCUT2D eigenvalue weighted by molar-refractivity contribution is 7.92. The zero-order valence-corrected chi connectivity index (χ0v) is 12.4. The lowest BCUT2D eigenvalue weighted by Crippen LogP contribution is -2.34. The van der Waals surface area contributed by atoms with Gasteiger partial charge in [-0.2, -0.15) is 9.35 Å². The number of hydrogen-bond donors (Lipinski definition) is 0. The van der Waals surface area contributed by atoms with Crippen molar-refractivity contribution < 1.29 is 8.95 Å². The van der Waals surface area contributed by atoms with E-state index in [4.69, 9.17) is 16.3 Å². The van der Waals surface area contributed by atoms with Gasteiger partial charge < -0.3 is 9.64 Å². The first-order chi connectivity index (χ1) is 8.85. The Morgan fingerprint density at radius 3 is 2.89 bits per heavy atom.